The van der Waals surface area contributed by atoms with Crippen LogP contribution in [0.4, 0.5) is 0 Å². The van der Waals surface area contributed by atoms with Gasteiger partial charge in [-0.15, -0.1) is 0 Å². The largest absolute Gasteiger partial charge is 0.493 e. The van der Waals surface area contributed by atoms with Crippen LogP contribution >= 0.6 is 11.6 Å². The van der Waals surface area contributed by atoms with Gasteiger partial charge in [-0.1, -0.05) is 35.9 Å². The topological polar surface area (TPSA) is 84.0 Å². The number of rotatable bonds is 9. The molecule has 156 valence electrons. The van der Waals surface area contributed by atoms with Crippen LogP contribution < -0.4 is 25.4 Å². The smallest absolute Gasteiger partial charge is 0.252 e. The van der Waals surface area contributed by atoms with Crippen LogP contribution in [0.5, 0.6) is 11.5 Å². The molecule has 0 fully saturated rings. The number of hydrogen-bond acceptors (Lipinski definition) is 4. The SMILES string of the molecule is CN=C(NCCNC(=O)c1ccccc1Cl)NCC(C)Oc1ccccc1OC. The van der Waals surface area contributed by atoms with Crippen LogP contribution in [0.15, 0.2) is 53.5 Å². The highest BCUT2D eigenvalue weighted by molar-refractivity contribution is 6.33. The van der Waals surface area contributed by atoms with Gasteiger partial charge in [0.2, 0.25) is 0 Å². The van der Waals surface area contributed by atoms with E-state index in [2.05, 4.69) is 20.9 Å². The van der Waals surface area contributed by atoms with Gasteiger partial charge in [0.15, 0.2) is 17.5 Å². The fraction of sp³-hybridized carbons (Fsp3) is 0.333. The molecule has 7 nitrogen and oxygen atoms in total. The summed E-state index contributed by atoms with van der Waals surface area (Å²) in [4.78, 5) is 16.3. The number of nitrogens with zero attached hydrogens (tertiary/aromatic N) is 1. The first-order chi connectivity index (χ1) is 14.0. The summed E-state index contributed by atoms with van der Waals surface area (Å²) in [5.41, 5.74) is 0.457. The molecule has 1 atom stereocenters. The highest BCUT2D eigenvalue weighted by Gasteiger charge is 2.10. The third-order valence-electron chi connectivity index (χ3n) is 4.00. The number of guanidine groups is 1. The van der Waals surface area contributed by atoms with Crippen LogP contribution in [0.2, 0.25) is 5.02 Å². The van der Waals surface area contributed by atoms with Crippen molar-refractivity contribution in [2.75, 3.05) is 33.8 Å². The Hall–Kier alpha value is -2.93. The number of hydrogen-bond donors (Lipinski definition) is 3. The van der Waals surface area contributed by atoms with E-state index in [0.717, 1.165) is 0 Å². The lowest BCUT2D eigenvalue weighted by Gasteiger charge is -2.19. The second-order valence-corrected chi connectivity index (χ2v) is 6.60. The quantitative estimate of drug-likeness (QED) is 0.331. The molecule has 0 saturated carbocycles. The zero-order valence-electron chi connectivity index (χ0n) is 16.9. The monoisotopic (exact) mass is 418 g/mol. The van der Waals surface area contributed by atoms with E-state index in [1.54, 1.807) is 38.4 Å². The molecule has 1 unspecified atom stereocenters. The fourth-order valence-corrected chi connectivity index (χ4v) is 2.75. The third-order valence-corrected chi connectivity index (χ3v) is 4.33. The zero-order chi connectivity index (χ0) is 21.1. The molecule has 0 bridgehead atoms. The molecule has 0 aliphatic rings. The molecular weight excluding hydrogens is 392 g/mol. The van der Waals surface area contributed by atoms with Crippen molar-refractivity contribution in [2.24, 2.45) is 4.99 Å². The molecule has 0 aromatic heterocycles. The second kappa shape index (κ2) is 11.8. The minimum absolute atomic E-state index is 0.107. The fourth-order valence-electron chi connectivity index (χ4n) is 2.53. The number of methoxy groups -OCH3 is 1. The van der Waals surface area contributed by atoms with E-state index in [0.29, 0.717) is 47.7 Å². The molecule has 2 aromatic carbocycles. The molecule has 3 N–H and O–H groups in total. The van der Waals surface area contributed by atoms with Gasteiger partial charge in [0.1, 0.15) is 6.10 Å². The van der Waals surface area contributed by atoms with E-state index >= 15 is 0 Å². The van der Waals surface area contributed by atoms with Crippen LogP contribution in [0.1, 0.15) is 17.3 Å². The standard InChI is InChI=1S/C21H27ClN4O3/c1-15(29-19-11-7-6-10-18(19)28-3)14-26-21(23-2)25-13-12-24-20(27)16-8-4-5-9-17(16)22/h4-11,15H,12-14H2,1-3H3,(H,24,27)(H2,23,25,26). The molecule has 29 heavy (non-hydrogen) atoms. The molecule has 2 rings (SSSR count). The lowest BCUT2D eigenvalue weighted by atomic mass is 10.2. The van der Waals surface area contributed by atoms with Gasteiger partial charge in [-0.05, 0) is 31.2 Å². The molecule has 0 radical (unpaired) electrons. The Morgan fingerprint density at radius 2 is 1.69 bits per heavy atom. The number of amides is 1. The highest BCUT2D eigenvalue weighted by atomic mass is 35.5. The van der Waals surface area contributed by atoms with E-state index in [9.17, 15) is 4.79 Å². The Balaban J connectivity index is 1.71. The number of carbonyl (C=O) groups is 1. The molecule has 0 aliphatic carbocycles. The summed E-state index contributed by atoms with van der Waals surface area (Å²) >= 11 is 6.03. The highest BCUT2D eigenvalue weighted by Crippen LogP contribution is 2.26. The van der Waals surface area contributed by atoms with Gasteiger partial charge < -0.3 is 25.4 Å². The normalized spacial score (nSPS) is 12.1. The summed E-state index contributed by atoms with van der Waals surface area (Å²) in [6.45, 7) is 3.44. The number of halogens is 1. The predicted octanol–water partition coefficient (Wildman–Crippen LogP) is 2.71. The lowest BCUT2D eigenvalue weighted by molar-refractivity contribution is 0.0954. The molecule has 8 heteroatoms. The molecule has 2 aromatic rings. The van der Waals surface area contributed by atoms with Crippen molar-refractivity contribution in [3.8, 4) is 11.5 Å². The number of para-hydroxylation sites is 2. The Bertz CT molecular complexity index is 829. The lowest BCUT2D eigenvalue weighted by Crippen LogP contribution is -2.44. The van der Waals surface area contributed by atoms with Crippen LogP contribution in [0.25, 0.3) is 0 Å². The average molecular weight is 419 g/mol. The number of nitrogens with one attached hydrogen (secondary N) is 3. The first kappa shape index (κ1) is 22.4. The summed E-state index contributed by atoms with van der Waals surface area (Å²) in [5, 5.41) is 9.59. The molecule has 1 amide bonds. The van der Waals surface area contributed by atoms with Crippen molar-refractivity contribution in [1.29, 1.82) is 0 Å². The summed E-state index contributed by atoms with van der Waals surface area (Å²) in [7, 11) is 3.30. The first-order valence-corrected chi connectivity index (χ1v) is 9.70. The molecule has 0 aliphatic heterocycles. The van der Waals surface area contributed by atoms with Gasteiger partial charge >= 0.3 is 0 Å². The Morgan fingerprint density at radius 3 is 2.38 bits per heavy atom. The van der Waals surface area contributed by atoms with E-state index in [1.165, 1.54) is 0 Å². The number of carbonyl (C=O) groups excluding carboxylic acids is 1. The summed E-state index contributed by atoms with van der Waals surface area (Å²) in [6, 6.07) is 14.5. The van der Waals surface area contributed by atoms with Gasteiger partial charge in [0.25, 0.3) is 5.91 Å². The molecule has 0 heterocycles. The number of benzene rings is 2. The summed E-state index contributed by atoms with van der Waals surface area (Å²) in [5.74, 6) is 1.79. The van der Waals surface area contributed by atoms with Gasteiger partial charge in [0, 0.05) is 20.1 Å². The van der Waals surface area contributed by atoms with E-state index in [-0.39, 0.29) is 12.0 Å². The number of aliphatic imine (C=N–C) groups is 1. The van der Waals surface area contributed by atoms with Gasteiger partial charge in [-0.25, -0.2) is 0 Å². The maximum Gasteiger partial charge on any atom is 0.252 e. The maximum absolute atomic E-state index is 12.1. The van der Waals surface area contributed by atoms with Gasteiger partial charge in [-0.2, -0.15) is 0 Å². The van der Waals surface area contributed by atoms with Crippen LogP contribution in [-0.2, 0) is 0 Å². The Kier molecular flexibility index (Phi) is 9.11. The maximum atomic E-state index is 12.1. The van der Waals surface area contributed by atoms with Crippen LogP contribution in [-0.4, -0.2) is 51.8 Å². The zero-order valence-corrected chi connectivity index (χ0v) is 17.6. The number of ether oxygens (including phenoxy) is 2. The average Bonchev–Trinajstić information content (AvgIpc) is 2.73. The molecule has 0 spiro atoms. The van der Waals surface area contributed by atoms with E-state index < -0.39 is 0 Å². The van der Waals surface area contributed by atoms with E-state index in [4.69, 9.17) is 21.1 Å². The second-order valence-electron chi connectivity index (χ2n) is 6.19. The first-order valence-electron chi connectivity index (χ1n) is 9.32. The van der Waals surface area contributed by atoms with Gasteiger partial charge in [0.05, 0.1) is 24.2 Å². The van der Waals surface area contributed by atoms with Crippen LogP contribution in [0.3, 0.4) is 0 Å². The third kappa shape index (κ3) is 7.19. The minimum atomic E-state index is -0.209. The van der Waals surface area contributed by atoms with Crippen LogP contribution in [0, 0.1) is 0 Å². The Labute approximate surface area is 176 Å². The predicted molar refractivity (Wildman–Crippen MR) is 116 cm³/mol. The van der Waals surface area contributed by atoms with E-state index in [1.807, 2.05) is 31.2 Å². The van der Waals surface area contributed by atoms with Crippen molar-refractivity contribution in [1.82, 2.24) is 16.0 Å². The van der Waals surface area contributed by atoms with Crippen molar-refractivity contribution in [3.63, 3.8) is 0 Å². The van der Waals surface area contributed by atoms with Gasteiger partial charge in [-0.3, -0.25) is 9.79 Å². The van der Waals surface area contributed by atoms with Crippen molar-refractivity contribution in [3.05, 3.63) is 59.1 Å². The minimum Gasteiger partial charge on any atom is -0.493 e. The molecule has 0 saturated heterocycles. The van der Waals surface area contributed by atoms with Crippen molar-refractivity contribution < 1.29 is 14.3 Å². The summed E-state index contributed by atoms with van der Waals surface area (Å²) < 4.78 is 11.2. The Morgan fingerprint density at radius 1 is 1.03 bits per heavy atom. The van der Waals surface area contributed by atoms with Crippen molar-refractivity contribution in [2.45, 2.75) is 13.0 Å². The summed E-state index contributed by atoms with van der Waals surface area (Å²) in [6.07, 6.45) is -0.107. The van der Waals surface area contributed by atoms with Crippen molar-refractivity contribution >= 4 is 23.5 Å². The molecular formula is C21H27ClN4O3.